The molecule has 0 amide bonds. The van der Waals surface area contributed by atoms with E-state index in [9.17, 15) is 0 Å². The van der Waals surface area contributed by atoms with Crippen molar-refractivity contribution in [2.45, 2.75) is 33.1 Å². The molecule has 0 saturated carbocycles. The molecule has 0 saturated heterocycles. The highest BCUT2D eigenvalue weighted by Gasteiger charge is 2.05. The standard InChI is InChI=1S/C23H33N7.HI/c1-3-24-23(26-17-11-18-29(4-2)20-12-6-5-7-13-20)25-16-10-15-22-28-27-21-14-8-9-19-30(21)22;/h5-9,12-14,19H,3-4,10-11,15-18H2,1-2H3,(H2,24,25,26);1H. The number of nitrogens with zero attached hydrogens (tertiary/aromatic N) is 5. The van der Waals surface area contributed by atoms with Crippen LogP contribution in [-0.4, -0.2) is 53.3 Å². The lowest BCUT2D eigenvalue weighted by Gasteiger charge is -2.22. The summed E-state index contributed by atoms with van der Waals surface area (Å²) < 4.78 is 2.05. The first-order chi connectivity index (χ1) is 14.8. The average molecular weight is 535 g/mol. The van der Waals surface area contributed by atoms with Gasteiger partial charge in [0.05, 0.1) is 0 Å². The normalized spacial score (nSPS) is 11.2. The van der Waals surface area contributed by atoms with Crippen LogP contribution in [0.4, 0.5) is 5.69 Å². The van der Waals surface area contributed by atoms with E-state index < -0.39 is 0 Å². The Labute approximate surface area is 202 Å². The van der Waals surface area contributed by atoms with Crippen molar-refractivity contribution < 1.29 is 0 Å². The first kappa shape index (κ1) is 24.9. The summed E-state index contributed by atoms with van der Waals surface area (Å²) in [6.45, 7) is 8.79. The van der Waals surface area contributed by atoms with E-state index in [1.165, 1.54) is 5.69 Å². The summed E-state index contributed by atoms with van der Waals surface area (Å²) in [5.41, 5.74) is 2.17. The number of para-hydroxylation sites is 1. The van der Waals surface area contributed by atoms with E-state index >= 15 is 0 Å². The highest BCUT2D eigenvalue weighted by molar-refractivity contribution is 14.0. The third-order valence-corrected chi connectivity index (χ3v) is 4.96. The molecule has 0 atom stereocenters. The van der Waals surface area contributed by atoms with Gasteiger partial charge in [0.15, 0.2) is 11.6 Å². The summed E-state index contributed by atoms with van der Waals surface area (Å²) in [5, 5.41) is 15.3. The first-order valence-electron chi connectivity index (χ1n) is 10.9. The summed E-state index contributed by atoms with van der Waals surface area (Å²) in [4.78, 5) is 7.12. The minimum atomic E-state index is 0. The fraction of sp³-hybridized carbons (Fsp3) is 0.435. The number of benzene rings is 1. The Hall–Kier alpha value is -2.36. The second-order valence-electron chi connectivity index (χ2n) is 7.10. The molecule has 0 aliphatic carbocycles. The fourth-order valence-electron chi connectivity index (χ4n) is 3.42. The van der Waals surface area contributed by atoms with Crippen molar-refractivity contribution >= 4 is 41.3 Å². The monoisotopic (exact) mass is 535 g/mol. The lowest BCUT2D eigenvalue weighted by molar-refractivity contribution is 0.708. The zero-order chi connectivity index (χ0) is 21.0. The number of rotatable bonds is 11. The smallest absolute Gasteiger partial charge is 0.191 e. The van der Waals surface area contributed by atoms with Crippen LogP contribution in [0.3, 0.4) is 0 Å². The zero-order valence-electron chi connectivity index (χ0n) is 18.5. The van der Waals surface area contributed by atoms with Crippen LogP contribution in [0.2, 0.25) is 0 Å². The molecule has 168 valence electrons. The number of nitrogens with one attached hydrogen (secondary N) is 2. The van der Waals surface area contributed by atoms with E-state index in [1.54, 1.807) is 0 Å². The van der Waals surface area contributed by atoms with Crippen molar-refractivity contribution in [2.75, 3.05) is 37.6 Å². The van der Waals surface area contributed by atoms with Crippen LogP contribution in [0, 0.1) is 0 Å². The van der Waals surface area contributed by atoms with Gasteiger partial charge >= 0.3 is 0 Å². The van der Waals surface area contributed by atoms with Gasteiger partial charge < -0.3 is 15.5 Å². The van der Waals surface area contributed by atoms with E-state index in [0.717, 1.165) is 69.4 Å². The summed E-state index contributed by atoms with van der Waals surface area (Å²) >= 11 is 0. The van der Waals surface area contributed by atoms with Gasteiger partial charge in [-0.05, 0) is 51.0 Å². The molecule has 3 aromatic rings. The number of guanidine groups is 1. The maximum atomic E-state index is 4.73. The SMILES string of the molecule is CCNC(=NCCCN(CC)c1ccccc1)NCCCc1nnc2ccccn12.I. The van der Waals surface area contributed by atoms with Gasteiger partial charge in [0.25, 0.3) is 0 Å². The van der Waals surface area contributed by atoms with Crippen LogP contribution in [0.25, 0.3) is 5.65 Å². The van der Waals surface area contributed by atoms with Gasteiger partial charge in [0.1, 0.15) is 5.82 Å². The highest BCUT2D eigenvalue weighted by Crippen LogP contribution is 2.12. The lowest BCUT2D eigenvalue weighted by atomic mass is 10.2. The van der Waals surface area contributed by atoms with Crippen molar-refractivity contribution in [2.24, 2.45) is 4.99 Å². The van der Waals surface area contributed by atoms with Crippen molar-refractivity contribution in [3.63, 3.8) is 0 Å². The summed E-state index contributed by atoms with van der Waals surface area (Å²) in [6, 6.07) is 16.5. The third kappa shape index (κ3) is 7.68. The molecular weight excluding hydrogens is 501 g/mol. The Balaban J connectivity index is 0.00000341. The quantitative estimate of drug-likeness (QED) is 0.170. The second kappa shape index (κ2) is 13.8. The van der Waals surface area contributed by atoms with E-state index in [-0.39, 0.29) is 24.0 Å². The Morgan fingerprint density at radius 2 is 1.81 bits per heavy atom. The molecule has 0 radical (unpaired) electrons. The summed E-state index contributed by atoms with van der Waals surface area (Å²) in [6.07, 6.45) is 4.88. The van der Waals surface area contributed by atoms with E-state index in [1.807, 2.05) is 28.8 Å². The first-order valence-corrected chi connectivity index (χ1v) is 10.9. The molecule has 2 heterocycles. The van der Waals surface area contributed by atoms with Crippen molar-refractivity contribution in [3.05, 3.63) is 60.6 Å². The number of hydrogen-bond donors (Lipinski definition) is 2. The number of aliphatic imine (C=N–C) groups is 1. The number of aromatic nitrogens is 3. The minimum absolute atomic E-state index is 0. The van der Waals surface area contributed by atoms with Crippen LogP contribution in [-0.2, 0) is 6.42 Å². The number of halogens is 1. The van der Waals surface area contributed by atoms with Gasteiger partial charge in [-0.25, -0.2) is 0 Å². The maximum Gasteiger partial charge on any atom is 0.191 e. The third-order valence-electron chi connectivity index (χ3n) is 4.96. The molecule has 1 aromatic carbocycles. The topological polar surface area (TPSA) is 69.8 Å². The molecule has 0 fully saturated rings. The van der Waals surface area contributed by atoms with Crippen LogP contribution in [0.5, 0.6) is 0 Å². The fourth-order valence-corrected chi connectivity index (χ4v) is 3.42. The maximum absolute atomic E-state index is 4.73. The van der Waals surface area contributed by atoms with Crippen LogP contribution < -0.4 is 15.5 Å². The Bertz CT molecular complexity index is 910. The minimum Gasteiger partial charge on any atom is -0.372 e. The lowest BCUT2D eigenvalue weighted by Crippen LogP contribution is -2.38. The highest BCUT2D eigenvalue weighted by atomic mass is 127. The Morgan fingerprint density at radius 1 is 1.00 bits per heavy atom. The molecular formula is C23H34IN7. The number of hydrogen-bond acceptors (Lipinski definition) is 4. The zero-order valence-corrected chi connectivity index (χ0v) is 20.8. The van der Waals surface area contributed by atoms with Gasteiger partial charge in [-0.15, -0.1) is 34.2 Å². The number of anilines is 1. The molecule has 0 spiro atoms. The number of aryl methyl sites for hydroxylation is 1. The van der Waals surface area contributed by atoms with E-state index in [2.05, 4.69) is 69.9 Å². The van der Waals surface area contributed by atoms with Gasteiger partial charge in [0, 0.05) is 51.0 Å². The van der Waals surface area contributed by atoms with Gasteiger partial charge in [-0.2, -0.15) is 0 Å². The summed E-state index contributed by atoms with van der Waals surface area (Å²) in [5.74, 6) is 1.88. The molecule has 7 nitrogen and oxygen atoms in total. The van der Waals surface area contributed by atoms with Gasteiger partial charge in [-0.1, -0.05) is 24.3 Å². The molecule has 3 rings (SSSR count). The molecule has 31 heavy (non-hydrogen) atoms. The molecule has 0 aliphatic rings. The van der Waals surface area contributed by atoms with Crippen LogP contribution in [0.1, 0.15) is 32.5 Å². The van der Waals surface area contributed by atoms with E-state index in [4.69, 9.17) is 4.99 Å². The second-order valence-corrected chi connectivity index (χ2v) is 7.10. The predicted octanol–water partition coefficient (Wildman–Crippen LogP) is 3.75. The van der Waals surface area contributed by atoms with Crippen molar-refractivity contribution in [3.8, 4) is 0 Å². The van der Waals surface area contributed by atoms with Crippen LogP contribution in [0.15, 0.2) is 59.7 Å². The Kier molecular flexibility index (Phi) is 11.1. The van der Waals surface area contributed by atoms with Crippen molar-refractivity contribution in [1.29, 1.82) is 0 Å². The van der Waals surface area contributed by atoms with Crippen LogP contribution >= 0.6 is 24.0 Å². The van der Waals surface area contributed by atoms with Crippen molar-refractivity contribution in [1.82, 2.24) is 25.2 Å². The molecule has 0 aliphatic heterocycles. The van der Waals surface area contributed by atoms with Gasteiger partial charge in [0.2, 0.25) is 0 Å². The van der Waals surface area contributed by atoms with E-state index in [0.29, 0.717) is 0 Å². The Morgan fingerprint density at radius 3 is 2.58 bits per heavy atom. The largest absolute Gasteiger partial charge is 0.372 e. The number of pyridine rings is 1. The molecule has 0 unspecified atom stereocenters. The summed E-state index contributed by atoms with van der Waals surface area (Å²) in [7, 11) is 0. The average Bonchev–Trinajstić information content (AvgIpc) is 3.20. The molecule has 8 heteroatoms. The molecule has 2 N–H and O–H groups in total. The van der Waals surface area contributed by atoms with Gasteiger partial charge in [-0.3, -0.25) is 9.39 Å². The molecule has 0 bridgehead atoms. The molecule has 2 aromatic heterocycles. The number of fused-ring (bicyclic) bond motifs is 1. The predicted molar refractivity (Wildman–Crippen MR) is 140 cm³/mol.